The number of hydrogen-bond donors (Lipinski definition) is 0. The molecule has 0 N–H and O–H groups in total. The Morgan fingerprint density at radius 1 is 1.14 bits per heavy atom. The van der Waals surface area contributed by atoms with E-state index in [2.05, 4.69) is 16.8 Å². The highest BCUT2D eigenvalue weighted by atomic mass is 16.5. The molecule has 2 aliphatic rings. The van der Waals surface area contributed by atoms with E-state index < -0.39 is 0 Å². The van der Waals surface area contributed by atoms with Gasteiger partial charge in [-0.05, 0) is 36.6 Å². The van der Waals surface area contributed by atoms with Gasteiger partial charge in [0.1, 0.15) is 17.0 Å². The highest BCUT2D eigenvalue weighted by Crippen LogP contribution is 2.24. The highest BCUT2D eigenvalue weighted by Gasteiger charge is 2.28. The van der Waals surface area contributed by atoms with Gasteiger partial charge in [-0.2, -0.15) is 0 Å². The van der Waals surface area contributed by atoms with Crippen molar-refractivity contribution in [1.82, 2.24) is 28.8 Å². The van der Waals surface area contributed by atoms with Crippen LogP contribution < -0.4 is 10.5 Å². The summed E-state index contributed by atoms with van der Waals surface area (Å²) in [5, 5.41) is 0.458. The lowest BCUT2D eigenvalue weighted by Gasteiger charge is -2.31. The summed E-state index contributed by atoms with van der Waals surface area (Å²) in [5.74, 6) is 0.576. The number of anilines is 1. The molecule has 0 bridgehead atoms. The maximum Gasteiger partial charge on any atom is 0.270 e. The molecule has 10 heteroatoms. The lowest BCUT2D eigenvalue weighted by molar-refractivity contribution is 0.0721. The van der Waals surface area contributed by atoms with Gasteiger partial charge >= 0.3 is 0 Å². The average Bonchev–Trinajstić information content (AvgIpc) is 3.27. The molecule has 0 radical (unpaired) electrons. The zero-order valence-electron chi connectivity index (χ0n) is 19.7. The summed E-state index contributed by atoms with van der Waals surface area (Å²) in [6.07, 6.45) is 5.11. The maximum absolute atomic E-state index is 13.8. The van der Waals surface area contributed by atoms with Gasteiger partial charge in [0.15, 0.2) is 0 Å². The Morgan fingerprint density at radius 2 is 2.00 bits per heavy atom. The maximum atomic E-state index is 13.8. The monoisotopic (exact) mass is 473 g/mol. The number of carbonyl (C=O) groups excluding carboxylic acids is 1. The molecule has 0 aliphatic carbocycles. The lowest BCUT2D eigenvalue weighted by atomic mass is 10.1. The van der Waals surface area contributed by atoms with E-state index in [1.165, 1.54) is 4.40 Å². The zero-order valence-corrected chi connectivity index (χ0v) is 19.7. The van der Waals surface area contributed by atoms with E-state index in [1.807, 2.05) is 21.7 Å². The molecule has 4 aromatic rings. The number of carbonyl (C=O) groups is 1. The van der Waals surface area contributed by atoms with Crippen molar-refractivity contribution in [2.24, 2.45) is 0 Å². The first kappa shape index (κ1) is 21.7. The van der Waals surface area contributed by atoms with E-state index >= 15 is 0 Å². The summed E-state index contributed by atoms with van der Waals surface area (Å²) >= 11 is 0. The number of pyridine rings is 1. The van der Waals surface area contributed by atoms with Crippen LogP contribution in [0.4, 0.5) is 5.95 Å². The SMILES string of the molecule is CCCn1c(C(=O)N2CCc3cnc(N4CCOCC4)nc3C2)cc2c(=O)n3ccccc3nc21. The largest absolute Gasteiger partial charge is 0.378 e. The molecule has 6 rings (SSSR count). The van der Waals surface area contributed by atoms with E-state index in [9.17, 15) is 9.59 Å². The predicted octanol–water partition coefficient (Wildman–Crippen LogP) is 1.88. The molecule has 0 saturated carbocycles. The number of fused-ring (bicyclic) bond motifs is 3. The van der Waals surface area contributed by atoms with Crippen molar-refractivity contribution < 1.29 is 9.53 Å². The molecule has 0 atom stereocenters. The van der Waals surface area contributed by atoms with Crippen LogP contribution in [0.3, 0.4) is 0 Å². The van der Waals surface area contributed by atoms with Gasteiger partial charge < -0.3 is 19.1 Å². The molecule has 35 heavy (non-hydrogen) atoms. The normalized spacial score (nSPS) is 16.1. The average molecular weight is 474 g/mol. The lowest BCUT2D eigenvalue weighted by Crippen LogP contribution is -2.39. The van der Waals surface area contributed by atoms with E-state index in [-0.39, 0.29) is 11.5 Å². The Balaban J connectivity index is 1.36. The number of morpholine rings is 1. The van der Waals surface area contributed by atoms with E-state index in [4.69, 9.17) is 14.7 Å². The predicted molar refractivity (Wildman–Crippen MR) is 131 cm³/mol. The van der Waals surface area contributed by atoms with Crippen LogP contribution in [0.25, 0.3) is 16.7 Å². The van der Waals surface area contributed by atoms with Crippen molar-refractivity contribution in [2.75, 3.05) is 37.7 Å². The van der Waals surface area contributed by atoms with E-state index in [1.54, 1.807) is 24.4 Å². The van der Waals surface area contributed by atoms with Gasteiger partial charge in [-0.25, -0.2) is 15.0 Å². The fraction of sp³-hybridized carbons (Fsp3) is 0.400. The topological polar surface area (TPSA) is 97.9 Å². The second-order valence-electron chi connectivity index (χ2n) is 8.98. The number of amides is 1. The van der Waals surface area contributed by atoms with Crippen molar-refractivity contribution in [3.05, 3.63) is 64.0 Å². The summed E-state index contributed by atoms with van der Waals surface area (Å²) in [4.78, 5) is 44.9. The third kappa shape index (κ3) is 3.74. The van der Waals surface area contributed by atoms with Crippen LogP contribution in [-0.4, -0.2) is 67.6 Å². The fourth-order valence-corrected chi connectivity index (χ4v) is 4.92. The Hall–Kier alpha value is -3.79. The first-order chi connectivity index (χ1) is 17.1. The minimum atomic E-state index is -0.165. The third-order valence-electron chi connectivity index (χ3n) is 6.76. The Morgan fingerprint density at radius 3 is 2.83 bits per heavy atom. The molecule has 10 nitrogen and oxygen atoms in total. The van der Waals surface area contributed by atoms with Crippen LogP contribution in [-0.2, 0) is 24.2 Å². The molecular weight excluding hydrogens is 446 g/mol. The van der Waals surface area contributed by atoms with Crippen molar-refractivity contribution in [3.63, 3.8) is 0 Å². The summed E-state index contributed by atoms with van der Waals surface area (Å²) in [6.45, 7) is 6.49. The number of aromatic nitrogens is 5. The first-order valence-electron chi connectivity index (χ1n) is 12.1. The minimum absolute atomic E-state index is 0.109. The number of nitrogens with zero attached hydrogens (tertiary/aromatic N) is 7. The Kier molecular flexibility index (Phi) is 5.44. The minimum Gasteiger partial charge on any atom is -0.378 e. The fourth-order valence-electron chi connectivity index (χ4n) is 4.92. The summed E-state index contributed by atoms with van der Waals surface area (Å²) in [5.41, 5.74) is 3.41. The first-order valence-corrected chi connectivity index (χ1v) is 12.1. The van der Waals surface area contributed by atoms with Crippen molar-refractivity contribution in [1.29, 1.82) is 0 Å². The molecule has 2 aliphatic heterocycles. The smallest absolute Gasteiger partial charge is 0.270 e. The molecule has 0 spiro atoms. The summed E-state index contributed by atoms with van der Waals surface area (Å²) < 4.78 is 8.85. The van der Waals surface area contributed by atoms with Crippen LogP contribution in [0.2, 0.25) is 0 Å². The standard InChI is InChI=1S/C25H27N7O3/c1-2-7-31-20(14-18-22(31)28-21-5-3-4-8-32(21)23(18)33)24(34)30-9-6-17-15-26-25(27-19(17)16-30)29-10-12-35-13-11-29/h3-5,8,14-15H,2,6-7,9-13,16H2,1H3. The van der Waals surface area contributed by atoms with Gasteiger partial charge in [-0.1, -0.05) is 13.0 Å². The number of ether oxygens (including phenoxy) is 1. The number of rotatable bonds is 4. The van der Waals surface area contributed by atoms with E-state index in [0.717, 1.165) is 30.8 Å². The molecule has 0 unspecified atom stereocenters. The third-order valence-corrected chi connectivity index (χ3v) is 6.76. The van der Waals surface area contributed by atoms with Gasteiger partial charge in [0.25, 0.3) is 11.5 Å². The van der Waals surface area contributed by atoms with Crippen LogP contribution >= 0.6 is 0 Å². The molecule has 0 aromatic carbocycles. The molecule has 1 amide bonds. The highest BCUT2D eigenvalue weighted by molar-refractivity contribution is 5.98. The van der Waals surface area contributed by atoms with Crippen LogP contribution in [0.1, 0.15) is 35.1 Å². The van der Waals surface area contributed by atoms with Crippen molar-refractivity contribution >= 4 is 28.5 Å². The van der Waals surface area contributed by atoms with Crippen LogP contribution in [0.15, 0.2) is 41.5 Å². The molecular formula is C25H27N7O3. The number of aryl methyl sites for hydroxylation is 1. The van der Waals surface area contributed by atoms with Gasteiger partial charge in [-0.3, -0.25) is 14.0 Å². The Labute approximate surface area is 201 Å². The number of hydrogen-bond acceptors (Lipinski definition) is 7. The molecule has 4 aromatic heterocycles. The van der Waals surface area contributed by atoms with Crippen molar-refractivity contribution in [2.45, 2.75) is 32.9 Å². The van der Waals surface area contributed by atoms with Crippen molar-refractivity contribution in [3.8, 4) is 0 Å². The van der Waals surface area contributed by atoms with Gasteiger partial charge in [0, 0.05) is 38.6 Å². The molecule has 6 heterocycles. The second-order valence-corrected chi connectivity index (χ2v) is 8.98. The molecule has 1 saturated heterocycles. The van der Waals surface area contributed by atoms with Crippen LogP contribution in [0, 0.1) is 0 Å². The molecule has 180 valence electrons. The van der Waals surface area contributed by atoms with Gasteiger partial charge in [0.2, 0.25) is 5.95 Å². The Bertz CT molecular complexity index is 1490. The van der Waals surface area contributed by atoms with E-state index in [0.29, 0.717) is 67.6 Å². The quantitative estimate of drug-likeness (QED) is 0.446. The summed E-state index contributed by atoms with van der Waals surface area (Å²) in [6, 6.07) is 7.16. The van der Waals surface area contributed by atoms with Gasteiger partial charge in [-0.15, -0.1) is 0 Å². The molecule has 1 fully saturated rings. The second kappa shape index (κ2) is 8.77. The van der Waals surface area contributed by atoms with Crippen LogP contribution in [0.5, 0.6) is 0 Å². The van der Waals surface area contributed by atoms with Gasteiger partial charge in [0.05, 0.1) is 30.8 Å². The summed E-state index contributed by atoms with van der Waals surface area (Å²) in [7, 11) is 0. The zero-order chi connectivity index (χ0) is 23.9.